The summed E-state index contributed by atoms with van der Waals surface area (Å²) in [5.41, 5.74) is 6.87. The molecule has 2 unspecified atom stereocenters. The molecule has 2 atom stereocenters. The maximum atomic E-state index is 11.1. The second-order valence-electron chi connectivity index (χ2n) is 5.18. The topological polar surface area (TPSA) is 85.0 Å². The fourth-order valence-electron chi connectivity index (χ4n) is 2.84. The van der Waals surface area contributed by atoms with Gasteiger partial charge in [-0.1, -0.05) is 0 Å². The number of aliphatic carboxylic acids is 1. The summed E-state index contributed by atoms with van der Waals surface area (Å²) in [7, 11) is 3.22. The van der Waals surface area contributed by atoms with Gasteiger partial charge in [-0.2, -0.15) is 0 Å². The Balaban J connectivity index is 0.00000242. The van der Waals surface area contributed by atoms with Crippen LogP contribution in [0, 0.1) is 5.92 Å². The standard InChI is InChI=1S/C15H22N2O4.2ClH/c1-20-11-3-4-14(21-2)12(7-11)13(8-16)17-6-5-10(9-17)15(18)19;;/h3-4,7,10,13H,5-6,8-9,16H2,1-2H3,(H,18,19);2*1H. The number of benzene rings is 1. The molecule has 23 heavy (non-hydrogen) atoms. The Morgan fingerprint density at radius 1 is 1.39 bits per heavy atom. The minimum absolute atomic E-state index is 0. The molecule has 0 bridgehead atoms. The number of ether oxygens (including phenoxy) is 2. The number of carboxylic acids is 1. The molecular weight excluding hydrogens is 343 g/mol. The molecule has 6 nitrogen and oxygen atoms in total. The van der Waals surface area contributed by atoms with Crippen LogP contribution in [0.5, 0.6) is 11.5 Å². The lowest BCUT2D eigenvalue weighted by atomic mass is 10.0. The molecule has 2 rings (SSSR count). The van der Waals surface area contributed by atoms with Gasteiger partial charge in [0.15, 0.2) is 0 Å². The maximum Gasteiger partial charge on any atom is 0.307 e. The van der Waals surface area contributed by atoms with Crippen LogP contribution in [-0.4, -0.2) is 49.8 Å². The van der Waals surface area contributed by atoms with E-state index in [4.69, 9.17) is 20.3 Å². The number of nitrogens with zero attached hydrogens (tertiary/aromatic N) is 1. The van der Waals surface area contributed by atoms with Crippen molar-refractivity contribution in [1.82, 2.24) is 4.90 Å². The van der Waals surface area contributed by atoms with Crippen molar-refractivity contribution in [2.24, 2.45) is 11.7 Å². The predicted molar refractivity (Wildman–Crippen MR) is 93.2 cm³/mol. The number of rotatable bonds is 6. The van der Waals surface area contributed by atoms with Gasteiger partial charge in [-0.3, -0.25) is 9.69 Å². The maximum absolute atomic E-state index is 11.1. The van der Waals surface area contributed by atoms with Gasteiger partial charge in [0.05, 0.1) is 26.2 Å². The lowest BCUT2D eigenvalue weighted by molar-refractivity contribution is -0.141. The summed E-state index contributed by atoms with van der Waals surface area (Å²) in [5, 5.41) is 9.14. The van der Waals surface area contributed by atoms with Crippen molar-refractivity contribution in [1.29, 1.82) is 0 Å². The van der Waals surface area contributed by atoms with Crippen LogP contribution in [0.1, 0.15) is 18.0 Å². The molecule has 1 saturated heterocycles. The zero-order valence-electron chi connectivity index (χ0n) is 13.2. The van der Waals surface area contributed by atoms with Crippen LogP contribution in [-0.2, 0) is 4.79 Å². The minimum atomic E-state index is -0.745. The Morgan fingerprint density at radius 2 is 2.09 bits per heavy atom. The molecule has 1 aromatic carbocycles. The third-order valence-electron chi connectivity index (χ3n) is 4.03. The van der Waals surface area contributed by atoms with Gasteiger partial charge < -0.3 is 20.3 Å². The van der Waals surface area contributed by atoms with Gasteiger partial charge >= 0.3 is 5.97 Å². The SMILES string of the molecule is COc1ccc(OC)c(C(CN)N2CCC(C(=O)O)C2)c1.Cl.Cl. The van der Waals surface area contributed by atoms with Crippen LogP contribution in [0.2, 0.25) is 0 Å². The number of carbonyl (C=O) groups is 1. The van der Waals surface area contributed by atoms with Crippen LogP contribution in [0.25, 0.3) is 0 Å². The van der Waals surface area contributed by atoms with Crippen molar-refractivity contribution in [2.45, 2.75) is 12.5 Å². The fraction of sp³-hybridized carbons (Fsp3) is 0.533. The average molecular weight is 367 g/mol. The highest BCUT2D eigenvalue weighted by Gasteiger charge is 2.33. The van der Waals surface area contributed by atoms with E-state index in [1.807, 2.05) is 18.2 Å². The first-order valence-electron chi connectivity index (χ1n) is 6.99. The first kappa shape index (κ1) is 21.8. The van der Waals surface area contributed by atoms with Gasteiger partial charge in [0, 0.05) is 18.7 Å². The quantitative estimate of drug-likeness (QED) is 0.800. The third kappa shape index (κ3) is 4.88. The zero-order valence-corrected chi connectivity index (χ0v) is 14.9. The van der Waals surface area contributed by atoms with E-state index in [0.29, 0.717) is 19.5 Å². The van der Waals surface area contributed by atoms with E-state index in [1.54, 1.807) is 14.2 Å². The number of halogens is 2. The van der Waals surface area contributed by atoms with Gasteiger partial charge in [-0.05, 0) is 31.2 Å². The van der Waals surface area contributed by atoms with Crippen molar-refractivity contribution in [3.63, 3.8) is 0 Å². The lowest BCUT2D eigenvalue weighted by Gasteiger charge is -2.28. The number of methoxy groups -OCH3 is 2. The van der Waals surface area contributed by atoms with Gasteiger partial charge in [0.25, 0.3) is 0 Å². The summed E-state index contributed by atoms with van der Waals surface area (Å²) < 4.78 is 10.7. The molecule has 1 aliphatic rings. The lowest BCUT2D eigenvalue weighted by Crippen LogP contribution is -2.33. The molecule has 3 N–H and O–H groups in total. The molecule has 132 valence electrons. The molecular formula is C15H24Cl2N2O4. The van der Waals surface area contributed by atoms with Crippen LogP contribution in [0.15, 0.2) is 18.2 Å². The summed E-state index contributed by atoms with van der Waals surface area (Å²) in [6.07, 6.45) is 0.651. The van der Waals surface area contributed by atoms with Gasteiger partial charge in [-0.25, -0.2) is 0 Å². The first-order chi connectivity index (χ1) is 10.1. The van der Waals surface area contributed by atoms with E-state index in [9.17, 15) is 4.79 Å². The normalized spacial score (nSPS) is 18.5. The van der Waals surface area contributed by atoms with Gasteiger partial charge in [-0.15, -0.1) is 24.8 Å². The van der Waals surface area contributed by atoms with E-state index >= 15 is 0 Å². The summed E-state index contributed by atoms with van der Waals surface area (Å²) in [6, 6.07) is 5.52. The second-order valence-corrected chi connectivity index (χ2v) is 5.18. The highest BCUT2D eigenvalue weighted by atomic mass is 35.5. The molecule has 8 heteroatoms. The predicted octanol–water partition coefficient (Wildman–Crippen LogP) is 1.95. The van der Waals surface area contributed by atoms with Crippen molar-refractivity contribution in [3.05, 3.63) is 23.8 Å². The highest BCUT2D eigenvalue weighted by molar-refractivity contribution is 5.85. The molecule has 1 aromatic rings. The fourth-order valence-corrected chi connectivity index (χ4v) is 2.84. The Hall–Kier alpha value is -1.21. The van der Waals surface area contributed by atoms with Crippen LogP contribution < -0.4 is 15.2 Å². The molecule has 0 amide bonds. The van der Waals surface area contributed by atoms with Crippen LogP contribution in [0.3, 0.4) is 0 Å². The molecule has 1 fully saturated rings. The Morgan fingerprint density at radius 3 is 2.57 bits per heavy atom. The zero-order chi connectivity index (χ0) is 15.4. The Labute approximate surface area is 148 Å². The second kappa shape index (κ2) is 9.82. The minimum Gasteiger partial charge on any atom is -0.497 e. The molecule has 0 spiro atoms. The number of nitrogens with two attached hydrogens (primary N) is 1. The van der Waals surface area contributed by atoms with E-state index in [1.165, 1.54) is 0 Å². The summed E-state index contributed by atoms with van der Waals surface area (Å²) >= 11 is 0. The monoisotopic (exact) mass is 366 g/mol. The molecule has 1 aliphatic heterocycles. The summed E-state index contributed by atoms with van der Waals surface area (Å²) in [4.78, 5) is 13.2. The largest absolute Gasteiger partial charge is 0.497 e. The van der Waals surface area contributed by atoms with E-state index in [-0.39, 0.29) is 36.8 Å². The number of hydrogen-bond donors (Lipinski definition) is 2. The van der Waals surface area contributed by atoms with E-state index in [0.717, 1.165) is 23.6 Å². The van der Waals surface area contributed by atoms with Crippen molar-refractivity contribution < 1.29 is 19.4 Å². The highest BCUT2D eigenvalue weighted by Crippen LogP contribution is 2.34. The number of likely N-dealkylation sites (tertiary alicyclic amines) is 1. The first-order valence-corrected chi connectivity index (χ1v) is 6.99. The number of carboxylic acid groups (broad SMARTS) is 1. The van der Waals surface area contributed by atoms with Crippen molar-refractivity contribution in [3.8, 4) is 11.5 Å². The van der Waals surface area contributed by atoms with Crippen molar-refractivity contribution in [2.75, 3.05) is 33.9 Å². The number of hydrogen-bond acceptors (Lipinski definition) is 5. The Bertz CT molecular complexity index is 516. The van der Waals surface area contributed by atoms with E-state index in [2.05, 4.69) is 4.90 Å². The van der Waals surface area contributed by atoms with Gasteiger partial charge in [0.2, 0.25) is 0 Å². The van der Waals surface area contributed by atoms with Crippen LogP contribution in [0.4, 0.5) is 0 Å². The smallest absolute Gasteiger partial charge is 0.307 e. The molecule has 0 aromatic heterocycles. The molecule has 0 radical (unpaired) electrons. The summed E-state index contributed by atoms with van der Waals surface area (Å²) in [6.45, 7) is 1.63. The summed E-state index contributed by atoms with van der Waals surface area (Å²) in [5.74, 6) is 0.407. The molecule has 0 saturated carbocycles. The average Bonchev–Trinajstić information content (AvgIpc) is 2.98. The molecule has 1 heterocycles. The van der Waals surface area contributed by atoms with Crippen molar-refractivity contribution >= 4 is 30.8 Å². The van der Waals surface area contributed by atoms with E-state index < -0.39 is 5.97 Å². The third-order valence-corrected chi connectivity index (χ3v) is 4.03. The van der Waals surface area contributed by atoms with Gasteiger partial charge in [0.1, 0.15) is 11.5 Å². The van der Waals surface area contributed by atoms with Crippen LogP contribution >= 0.6 is 24.8 Å². The molecule has 0 aliphatic carbocycles. The Kier molecular flexibility index (Phi) is 9.31.